The summed E-state index contributed by atoms with van der Waals surface area (Å²) in [6.07, 6.45) is 3.99. The van der Waals surface area contributed by atoms with Gasteiger partial charge in [0.2, 0.25) is 11.8 Å². The molecule has 10 heteroatoms. The Morgan fingerprint density at radius 1 is 0.857 bits per heavy atom. The molecule has 0 saturated carbocycles. The minimum atomic E-state index is -0.980. The molecule has 0 fully saturated rings. The Bertz CT molecular complexity index is 1340. The SMILES string of the molecule is COC(=O)[C@H](Cc1c[nH]c2ccccc12)NC(=O)C(Cc1c[nH]c2ccccc12)NC(=O)CON. The number of aromatic amines is 2. The molecule has 4 rings (SSSR count). The van der Waals surface area contributed by atoms with Gasteiger partial charge in [0.15, 0.2) is 0 Å². The predicted molar refractivity (Wildman–Crippen MR) is 130 cm³/mol. The molecule has 2 aromatic heterocycles. The molecule has 0 bridgehead atoms. The van der Waals surface area contributed by atoms with Crippen LogP contribution in [0.5, 0.6) is 0 Å². The third kappa shape index (κ3) is 5.51. The number of esters is 1. The number of carbonyl (C=O) groups is 3. The molecule has 2 amide bonds. The van der Waals surface area contributed by atoms with Gasteiger partial charge in [0.05, 0.1) is 7.11 Å². The Morgan fingerprint density at radius 3 is 1.94 bits per heavy atom. The summed E-state index contributed by atoms with van der Waals surface area (Å²) in [6, 6.07) is 13.4. The van der Waals surface area contributed by atoms with Crippen LogP contribution in [0.3, 0.4) is 0 Å². The molecule has 1 unspecified atom stereocenters. The third-order valence-electron chi connectivity index (χ3n) is 5.87. The maximum absolute atomic E-state index is 13.3. The number of aromatic nitrogens is 2. The van der Waals surface area contributed by atoms with Crippen LogP contribution in [0.2, 0.25) is 0 Å². The van der Waals surface area contributed by atoms with Crippen molar-refractivity contribution in [2.45, 2.75) is 24.9 Å². The van der Waals surface area contributed by atoms with E-state index in [-0.39, 0.29) is 12.8 Å². The molecule has 0 aliphatic heterocycles. The molecule has 0 radical (unpaired) electrons. The Hall–Kier alpha value is -4.15. The maximum Gasteiger partial charge on any atom is 0.328 e. The lowest BCUT2D eigenvalue weighted by Gasteiger charge is -2.22. The van der Waals surface area contributed by atoms with Crippen LogP contribution >= 0.6 is 0 Å². The summed E-state index contributed by atoms with van der Waals surface area (Å²) >= 11 is 0. The van der Waals surface area contributed by atoms with Crippen molar-refractivity contribution in [2.24, 2.45) is 5.90 Å². The van der Waals surface area contributed by atoms with E-state index in [9.17, 15) is 14.4 Å². The van der Waals surface area contributed by atoms with Crippen LogP contribution in [-0.2, 0) is 36.8 Å². The number of rotatable bonds is 10. The van der Waals surface area contributed by atoms with Crippen LogP contribution in [0.4, 0.5) is 0 Å². The van der Waals surface area contributed by atoms with E-state index in [0.29, 0.717) is 0 Å². The monoisotopic (exact) mass is 477 g/mol. The molecule has 4 aromatic rings. The van der Waals surface area contributed by atoms with E-state index < -0.39 is 36.5 Å². The van der Waals surface area contributed by atoms with Crippen LogP contribution in [0.25, 0.3) is 21.8 Å². The number of H-pyrrole nitrogens is 2. The number of carbonyl (C=O) groups excluding carboxylic acids is 3. The van der Waals surface area contributed by atoms with Crippen LogP contribution in [-0.4, -0.2) is 53.6 Å². The van der Waals surface area contributed by atoms with Gasteiger partial charge in [-0.25, -0.2) is 10.7 Å². The topological polar surface area (TPSA) is 151 Å². The maximum atomic E-state index is 13.3. The minimum absolute atomic E-state index is 0.188. The van der Waals surface area contributed by atoms with Crippen LogP contribution in [0.1, 0.15) is 11.1 Å². The number of para-hydroxylation sites is 2. The summed E-state index contributed by atoms with van der Waals surface area (Å²) < 4.78 is 4.94. The second-order valence-electron chi connectivity index (χ2n) is 8.14. The first kappa shape index (κ1) is 24.0. The normalized spacial score (nSPS) is 12.9. The third-order valence-corrected chi connectivity index (χ3v) is 5.87. The summed E-state index contributed by atoms with van der Waals surface area (Å²) in [5.41, 5.74) is 3.51. The predicted octanol–water partition coefficient (Wildman–Crippen LogP) is 1.47. The van der Waals surface area contributed by atoms with Gasteiger partial charge in [-0.15, -0.1) is 0 Å². The quantitative estimate of drug-likeness (QED) is 0.172. The molecule has 6 N–H and O–H groups in total. The van der Waals surface area contributed by atoms with E-state index in [1.54, 1.807) is 12.4 Å². The van der Waals surface area contributed by atoms with E-state index >= 15 is 0 Å². The number of nitrogens with two attached hydrogens (primary N) is 1. The van der Waals surface area contributed by atoms with Gasteiger partial charge in [0.25, 0.3) is 0 Å². The lowest BCUT2D eigenvalue weighted by atomic mass is 10.0. The second-order valence-corrected chi connectivity index (χ2v) is 8.14. The lowest BCUT2D eigenvalue weighted by Crippen LogP contribution is -2.53. The zero-order valence-electron chi connectivity index (χ0n) is 19.2. The zero-order valence-corrected chi connectivity index (χ0v) is 19.2. The highest BCUT2D eigenvalue weighted by Crippen LogP contribution is 2.21. The van der Waals surface area contributed by atoms with Crippen LogP contribution in [0.15, 0.2) is 60.9 Å². The van der Waals surface area contributed by atoms with Crippen molar-refractivity contribution < 1.29 is 24.0 Å². The van der Waals surface area contributed by atoms with Gasteiger partial charge in [0.1, 0.15) is 18.7 Å². The van der Waals surface area contributed by atoms with Crippen LogP contribution < -0.4 is 16.5 Å². The molecule has 2 heterocycles. The van der Waals surface area contributed by atoms with Gasteiger partial charge in [-0.05, 0) is 23.3 Å². The average molecular weight is 478 g/mol. The van der Waals surface area contributed by atoms with Gasteiger partial charge in [-0.2, -0.15) is 0 Å². The van der Waals surface area contributed by atoms with Crippen molar-refractivity contribution in [1.29, 1.82) is 0 Å². The van der Waals surface area contributed by atoms with E-state index in [1.807, 2.05) is 48.5 Å². The smallest absolute Gasteiger partial charge is 0.328 e. The highest BCUT2D eigenvalue weighted by atomic mass is 16.6. The van der Waals surface area contributed by atoms with E-state index in [1.165, 1.54) is 7.11 Å². The fourth-order valence-electron chi connectivity index (χ4n) is 4.17. The summed E-state index contributed by atoms with van der Waals surface area (Å²) in [7, 11) is 1.26. The first-order valence-corrected chi connectivity index (χ1v) is 11.1. The standard InChI is InChI=1S/C25H27N5O5/c1-34-25(33)22(11-16-13-28-20-9-5-3-7-18(16)20)30-24(32)21(29-23(31)14-35-26)10-15-12-27-19-8-4-2-6-17(15)19/h2-9,12-13,21-22,27-28H,10-11,14,26H2,1H3,(H,29,31)(H,30,32)/t21?,22-/m0/s1. The Labute approximate surface area is 201 Å². The van der Waals surface area contributed by atoms with Crippen molar-refractivity contribution in [3.63, 3.8) is 0 Å². The van der Waals surface area contributed by atoms with Gasteiger partial charge in [0, 0.05) is 47.0 Å². The number of hydrogen-bond acceptors (Lipinski definition) is 6. The second kappa shape index (κ2) is 10.9. The molecular weight excluding hydrogens is 450 g/mol. The van der Waals surface area contributed by atoms with E-state index in [2.05, 4.69) is 25.4 Å². The number of nitrogens with one attached hydrogen (secondary N) is 4. The molecule has 2 aromatic carbocycles. The van der Waals surface area contributed by atoms with Crippen molar-refractivity contribution >= 4 is 39.6 Å². The number of ether oxygens (including phenoxy) is 1. The molecule has 35 heavy (non-hydrogen) atoms. The molecular formula is C25H27N5O5. The Morgan fingerprint density at radius 2 is 1.40 bits per heavy atom. The molecule has 10 nitrogen and oxygen atoms in total. The molecule has 0 aliphatic carbocycles. The van der Waals surface area contributed by atoms with Crippen molar-refractivity contribution in [3.8, 4) is 0 Å². The largest absolute Gasteiger partial charge is 0.467 e. The summed E-state index contributed by atoms with van der Waals surface area (Å²) in [4.78, 5) is 48.9. The van der Waals surface area contributed by atoms with Gasteiger partial charge in [-0.3, -0.25) is 14.4 Å². The highest BCUT2D eigenvalue weighted by molar-refractivity contribution is 5.93. The number of hydrogen-bond donors (Lipinski definition) is 5. The molecule has 0 saturated heterocycles. The Kier molecular flexibility index (Phi) is 7.44. The fraction of sp³-hybridized carbons (Fsp3) is 0.240. The zero-order chi connectivity index (χ0) is 24.8. The number of amides is 2. The lowest BCUT2D eigenvalue weighted by molar-refractivity contribution is -0.145. The van der Waals surface area contributed by atoms with Crippen molar-refractivity contribution in [1.82, 2.24) is 20.6 Å². The molecule has 0 aliphatic rings. The molecule has 2 atom stereocenters. The van der Waals surface area contributed by atoms with E-state index in [4.69, 9.17) is 10.6 Å². The molecule has 0 spiro atoms. The van der Waals surface area contributed by atoms with Gasteiger partial charge in [-0.1, -0.05) is 36.4 Å². The van der Waals surface area contributed by atoms with Crippen molar-refractivity contribution in [3.05, 3.63) is 72.1 Å². The van der Waals surface area contributed by atoms with Crippen molar-refractivity contribution in [2.75, 3.05) is 13.7 Å². The summed E-state index contributed by atoms with van der Waals surface area (Å²) in [6.45, 7) is -0.409. The minimum Gasteiger partial charge on any atom is -0.467 e. The van der Waals surface area contributed by atoms with E-state index in [0.717, 1.165) is 32.9 Å². The summed E-state index contributed by atoms with van der Waals surface area (Å²) in [5, 5.41) is 7.27. The number of benzene rings is 2. The van der Waals surface area contributed by atoms with Crippen LogP contribution in [0, 0.1) is 0 Å². The highest BCUT2D eigenvalue weighted by Gasteiger charge is 2.29. The Balaban J connectivity index is 1.56. The average Bonchev–Trinajstić information content (AvgIpc) is 3.47. The van der Waals surface area contributed by atoms with Gasteiger partial charge < -0.3 is 25.3 Å². The fourth-order valence-corrected chi connectivity index (χ4v) is 4.17. The molecule has 182 valence electrons. The first-order valence-electron chi connectivity index (χ1n) is 11.1. The number of fused-ring (bicyclic) bond motifs is 2. The number of methoxy groups -OCH3 is 1. The summed E-state index contributed by atoms with van der Waals surface area (Å²) in [5.74, 6) is 3.34. The van der Waals surface area contributed by atoms with Gasteiger partial charge >= 0.3 is 5.97 Å². The first-order chi connectivity index (χ1) is 17.0.